The van der Waals surface area contributed by atoms with Gasteiger partial charge in [0.25, 0.3) is 11.5 Å². The lowest BCUT2D eigenvalue weighted by molar-refractivity contribution is 0.0742. The van der Waals surface area contributed by atoms with E-state index >= 15 is 0 Å². The molecule has 4 aromatic rings. The summed E-state index contributed by atoms with van der Waals surface area (Å²) in [6.07, 6.45) is 1.61. The van der Waals surface area contributed by atoms with Crippen molar-refractivity contribution in [1.82, 2.24) is 19.7 Å². The Kier molecular flexibility index (Phi) is 5.93. The second-order valence-corrected chi connectivity index (χ2v) is 8.82. The van der Waals surface area contributed by atoms with Crippen molar-refractivity contribution in [3.63, 3.8) is 0 Å². The summed E-state index contributed by atoms with van der Waals surface area (Å²) >= 11 is 7.90. The van der Waals surface area contributed by atoms with Crippen LogP contribution in [0.5, 0.6) is 0 Å². The SMILES string of the molecule is O=C(c1csc(-c2ccccc2)n1)N1CCN(c2cnn(-c3ccccc3)c(=O)c2Cl)CC1. The summed E-state index contributed by atoms with van der Waals surface area (Å²) in [5, 5.41) is 7.07. The largest absolute Gasteiger partial charge is 0.365 e. The third-order valence-corrected chi connectivity index (χ3v) is 6.80. The summed E-state index contributed by atoms with van der Waals surface area (Å²) in [5.74, 6) is -0.0863. The van der Waals surface area contributed by atoms with Crippen LogP contribution in [0.2, 0.25) is 5.02 Å². The molecule has 166 valence electrons. The Morgan fingerprint density at radius 3 is 2.30 bits per heavy atom. The molecule has 9 heteroatoms. The van der Waals surface area contributed by atoms with Gasteiger partial charge in [0.2, 0.25) is 0 Å². The Hall–Kier alpha value is -3.49. The molecule has 0 radical (unpaired) electrons. The highest BCUT2D eigenvalue weighted by Crippen LogP contribution is 2.26. The maximum Gasteiger partial charge on any atom is 0.292 e. The first kappa shape index (κ1) is 21.4. The number of halogens is 1. The maximum absolute atomic E-state index is 13.0. The van der Waals surface area contributed by atoms with E-state index < -0.39 is 0 Å². The molecule has 1 amide bonds. The van der Waals surface area contributed by atoms with Crippen LogP contribution in [0.1, 0.15) is 10.5 Å². The van der Waals surface area contributed by atoms with Crippen LogP contribution in [0.3, 0.4) is 0 Å². The van der Waals surface area contributed by atoms with Crippen molar-refractivity contribution in [2.75, 3.05) is 31.1 Å². The third kappa shape index (κ3) is 4.27. The number of anilines is 1. The molecule has 0 N–H and O–H groups in total. The van der Waals surface area contributed by atoms with Crippen LogP contribution in [-0.2, 0) is 0 Å². The summed E-state index contributed by atoms with van der Waals surface area (Å²) in [6, 6.07) is 19.0. The van der Waals surface area contributed by atoms with Crippen LogP contribution in [0, 0.1) is 0 Å². The van der Waals surface area contributed by atoms with Crippen LogP contribution >= 0.6 is 22.9 Å². The Balaban J connectivity index is 1.28. The van der Waals surface area contributed by atoms with E-state index in [2.05, 4.69) is 10.1 Å². The number of thiazole rings is 1. The van der Waals surface area contributed by atoms with Crippen molar-refractivity contribution in [3.8, 4) is 16.3 Å². The Labute approximate surface area is 199 Å². The highest BCUT2D eigenvalue weighted by Gasteiger charge is 2.26. The van der Waals surface area contributed by atoms with Crippen LogP contribution in [0.25, 0.3) is 16.3 Å². The number of amides is 1. The summed E-state index contributed by atoms with van der Waals surface area (Å²) in [5.41, 5.74) is 2.33. The Morgan fingerprint density at radius 2 is 1.61 bits per heavy atom. The topological polar surface area (TPSA) is 71.3 Å². The number of carbonyl (C=O) groups excluding carboxylic acids is 1. The van der Waals surface area contributed by atoms with Crippen molar-refractivity contribution in [1.29, 1.82) is 0 Å². The number of piperazine rings is 1. The molecular formula is C24H20ClN5O2S. The van der Waals surface area contributed by atoms with Gasteiger partial charge in [0.15, 0.2) is 0 Å². The van der Waals surface area contributed by atoms with Gasteiger partial charge in [-0.25, -0.2) is 4.98 Å². The minimum Gasteiger partial charge on any atom is -0.365 e. The molecule has 0 aliphatic carbocycles. The van der Waals surface area contributed by atoms with E-state index in [1.807, 2.05) is 53.4 Å². The summed E-state index contributed by atoms with van der Waals surface area (Å²) in [6.45, 7) is 2.12. The second-order valence-electron chi connectivity index (χ2n) is 7.58. The van der Waals surface area contributed by atoms with Crippen molar-refractivity contribution in [2.45, 2.75) is 0 Å². The molecule has 1 fully saturated rings. The molecule has 0 spiro atoms. The molecule has 0 bridgehead atoms. The van der Waals surface area contributed by atoms with Gasteiger partial charge in [-0.1, -0.05) is 60.1 Å². The fourth-order valence-corrected chi connectivity index (χ4v) is 4.84. The first-order chi connectivity index (χ1) is 16.1. The van der Waals surface area contributed by atoms with Gasteiger partial charge in [0.05, 0.1) is 17.6 Å². The lowest BCUT2D eigenvalue weighted by atomic mass is 10.2. The van der Waals surface area contributed by atoms with Gasteiger partial charge in [-0.05, 0) is 12.1 Å². The van der Waals surface area contributed by atoms with E-state index in [-0.39, 0.29) is 16.5 Å². The maximum atomic E-state index is 13.0. The third-order valence-electron chi connectivity index (χ3n) is 5.55. The molecule has 7 nitrogen and oxygen atoms in total. The molecule has 3 heterocycles. The van der Waals surface area contributed by atoms with Gasteiger partial charge in [-0.3, -0.25) is 9.59 Å². The van der Waals surface area contributed by atoms with Crippen LogP contribution in [0.15, 0.2) is 77.0 Å². The van der Waals surface area contributed by atoms with E-state index in [9.17, 15) is 9.59 Å². The fourth-order valence-electron chi connectivity index (χ4n) is 3.80. The van der Waals surface area contributed by atoms with Gasteiger partial charge >= 0.3 is 0 Å². The average Bonchev–Trinajstić information content (AvgIpc) is 3.37. The molecule has 33 heavy (non-hydrogen) atoms. The zero-order chi connectivity index (χ0) is 22.8. The van der Waals surface area contributed by atoms with Gasteiger partial charge in [0.1, 0.15) is 15.7 Å². The van der Waals surface area contributed by atoms with Gasteiger partial charge in [0, 0.05) is 37.1 Å². The number of hydrogen-bond donors (Lipinski definition) is 0. The van der Waals surface area contributed by atoms with Crippen molar-refractivity contribution in [3.05, 3.63) is 93.3 Å². The molecule has 0 atom stereocenters. The van der Waals surface area contributed by atoms with E-state index in [1.54, 1.807) is 28.6 Å². The van der Waals surface area contributed by atoms with Gasteiger partial charge < -0.3 is 9.80 Å². The van der Waals surface area contributed by atoms with Crippen molar-refractivity contribution < 1.29 is 4.79 Å². The Morgan fingerprint density at radius 1 is 0.939 bits per heavy atom. The number of hydrogen-bond acceptors (Lipinski definition) is 6. The minimum atomic E-state index is -0.366. The highest BCUT2D eigenvalue weighted by molar-refractivity contribution is 7.13. The van der Waals surface area contributed by atoms with E-state index in [0.717, 1.165) is 10.6 Å². The van der Waals surface area contributed by atoms with Crippen molar-refractivity contribution in [2.24, 2.45) is 0 Å². The van der Waals surface area contributed by atoms with Crippen LogP contribution < -0.4 is 10.5 Å². The number of nitrogens with zero attached hydrogens (tertiary/aromatic N) is 5. The smallest absolute Gasteiger partial charge is 0.292 e. The monoisotopic (exact) mass is 477 g/mol. The molecule has 1 aliphatic heterocycles. The molecule has 1 saturated heterocycles. The van der Waals surface area contributed by atoms with Crippen molar-refractivity contribution >= 4 is 34.5 Å². The molecule has 0 unspecified atom stereocenters. The lowest BCUT2D eigenvalue weighted by Crippen LogP contribution is -2.49. The lowest BCUT2D eigenvalue weighted by Gasteiger charge is -2.35. The zero-order valence-electron chi connectivity index (χ0n) is 17.6. The Bertz CT molecular complexity index is 1330. The minimum absolute atomic E-state index is 0.0863. The highest BCUT2D eigenvalue weighted by atomic mass is 35.5. The standard InChI is InChI=1S/C24H20ClN5O2S/c25-21-20(15-26-30(24(21)32)18-9-5-2-6-10-18)28-11-13-29(14-12-28)23(31)19-16-33-22(27-19)17-7-3-1-4-8-17/h1-10,15-16H,11-14H2. The van der Waals surface area contributed by atoms with Gasteiger partial charge in [-0.15, -0.1) is 11.3 Å². The molecular weight excluding hydrogens is 458 g/mol. The van der Waals surface area contributed by atoms with Crippen LogP contribution in [0.4, 0.5) is 5.69 Å². The fraction of sp³-hybridized carbons (Fsp3) is 0.167. The molecule has 2 aromatic carbocycles. The first-order valence-corrected chi connectivity index (χ1v) is 11.8. The van der Waals surface area contributed by atoms with Crippen LogP contribution in [-0.4, -0.2) is 51.8 Å². The number of para-hydroxylation sites is 1. The van der Waals surface area contributed by atoms with E-state index in [4.69, 9.17) is 11.6 Å². The second kappa shape index (κ2) is 9.17. The number of aromatic nitrogens is 3. The number of rotatable bonds is 4. The number of carbonyl (C=O) groups is 1. The summed E-state index contributed by atoms with van der Waals surface area (Å²) in [4.78, 5) is 34.1. The van der Waals surface area contributed by atoms with E-state index in [1.165, 1.54) is 16.0 Å². The molecule has 2 aromatic heterocycles. The zero-order valence-corrected chi connectivity index (χ0v) is 19.2. The van der Waals surface area contributed by atoms with E-state index in [0.29, 0.717) is 43.2 Å². The molecule has 0 saturated carbocycles. The predicted octanol–water partition coefficient (Wildman–Crippen LogP) is 3.97. The summed E-state index contributed by atoms with van der Waals surface area (Å²) in [7, 11) is 0. The summed E-state index contributed by atoms with van der Waals surface area (Å²) < 4.78 is 1.29. The molecule has 1 aliphatic rings. The normalized spacial score (nSPS) is 13.8. The average molecular weight is 478 g/mol. The predicted molar refractivity (Wildman–Crippen MR) is 131 cm³/mol. The quantitative estimate of drug-likeness (QED) is 0.444. The first-order valence-electron chi connectivity index (χ1n) is 10.5. The molecule has 5 rings (SSSR count). The number of benzene rings is 2. The van der Waals surface area contributed by atoms with Gasteiger partial charge in [-0.2, -0.15) is 9.78 Å².